The molecular weight excluding hydrogens is 280 g/mol. The Morgan fingerprint density at radius 2 is 1.95 bits per heavy atom. The number of H-pyrrole nitrogens is 1. The van der Waals surface area contributed by atoms with Crippen molar-refractivity contribution < 1.29 is 9.53 Å². The molecule has 5 heteroatoms. The molecule has 0 fully saturated rings. The Labute approximate surface area is 129 Å². The summed E-state index contributed by atoms with van der Waals surface area (Å²) >= 11 is 0. The Bertz CT molecular complexity index is 665. The fourth-order valence-electron chi connectivity index (χ4n) is 2.00. The number of hydrogen-bond donors (Lipinski definition) is 2. The predicted octanol–water partition coefficient (Wildman–Crippen LogP) is 3.47. The van der Waals surface area contributed by atoms with Crippen LogP contribution in [0.1, 0.15) is 31.0 Å². The molecule has 116 valence electrons. The van der Waals surface area contributed by atoms with E-state index in [-0.39, 0.29) is 17.9 Å². The Morgan fingerprint density at radius 3 is 2.64 bits per heavy atom. The number of amides is 1. The highest BCUT2D eigenvalue weighted by Gasteiger charge is 2.07. The number of carbonyl (C=O) groups excluding carboxylic acids is 1. The summed E-state index contributed by atoms with van der Waals surface area (Å²) in [5, 5.41) is 2.46. The molecule has 0 atom stereocenters. The smallest absolute Gasteiger partial charge is 0.412 e. The molecule has 0 aliphatic heterocycles. The van der Waals surface area contributed by atoms with Crippen LogP contribution in [0.5, 0.6) is 0 Å². The SMILES string of the molecule is CCCCc1ccc(NC(=O)OCc2ccccc2)c(=O)[nH]1. The van der Waals surface area contributed by atoms with Gasteiger partial charge in [-0.15, -0.1) is 0 Å². The fourth-order valence-corrected chi connectivity index (χ4v) is 2.00. The van der Waals surface area contributed by atoms with Crippen molar-refractivity contribution in [1.29, 1.82) is 0 Å². The van der Waals surface area contributed by atoms with Crippen LogP contribution in [0, 0.1) is 0 Å². The molecule has 1 heterocycles. The summed E-state index contributed by atoms with van der Waals surface area (Å²) in [6.07, 6.45) is 2.26. The molecule has 0 aliphatic rings. The first-order chi connectivity index (χ1) is 10.7. The monoisotopic (exact) mass is 300 g/mol. The third kappa shape index (κ3) is 4.77. The van der Waals surface area contributed by atoms with Gasteiger partial charge in [0.25, 0.3) is 5.56 Å². The second kappa shape index (κ2) is 8.02. The molecule has 0 spiro atoms. The molecule has 0 saturated heterocycles. The lowest BCUT2D eigenvalue weighted by atomic mass is 10.2. The van der Waals surface area contributed by atoms with Crippen molar-refractivity contribution in [2.75, 3.05) is 5.32 Å². The van der Waals surface area contributed by atoms with Crippen molar-refractivity contribution in [1.82, 2.24) is 4.98 Å². The second-order valence-corrected chi connectivity index (χ2v) is 5.02. The molecule has 0 aliphatic carbocycles. The zero-order chi connectivity index (χ0) is 15.8. The fraction of sp³-hybridized carbons (Fsp3) is 0.294. The number of anilines is 1. The molecular formula is C17H20N2O3. The van der Waals surface area contributed by atoms with Crippen LogP contribution in [0.2, 0.25) is 0 Å². The normalized spacial score (nSPS) is 10.2. The number of unbranched alkanes of at least 4 members (excludes halogenated alkanes) is 1. The van der Waals surface area contributed by atoms with Crippen LogP contribution in [0.25, 0.3) is 0 Å². The molecule has 1 aromatic carbocycles. The summed E-state index contributed by atoms with van der Waals surface area (Å²) in [6.45, 7) is 2.26. The van der Waals surface area contributed by atoms with E-state index in [1.54, 1.807) is 6.07 Å². The maximum atomic E-state index is 11.9. The van der Waals surface area contributed by atoms with Crippen molar-refractivity contribution in [2.45, 2.75) is 32.8 Å². The number of hydrogen-bond acceptors (Lipinski definition) is 3. The lowest BCUT2D eigenvalue weighted by Crippen LogP contribution is -2.21. The highest BCUT2D eigenvalue weighted by atomic mass is 16.5. The molecule has 22 heavy (non-hydrogen) atoms. The average molecular weight is 300 g/mol. The number of rotatable bonds is 6. The van der Waals surface area contributed by atoms with Gasteiger partial charge in [0.1, 0.15) is 12.3 Å². The molecule has 0 unspecified atom stereocenters. The van der Waals surface area contributed by atoms with E-state index in [1.807, 2.05) is 36.4 Å². The summed E-state index contributed by atoms with van der Waals surface area (Å²) in [6, 6.07) is 12.8. The largest absolute Gasteiger partial charge is 0.444 e. The molecule has 2 aromatic rings. The quantitative estimate of drug-likeness (QED) is 0.858. The van der Waals surface area contributed by atoms with Gasteiger partial charge < -0.3 is 9.72 Å². The first kappa shape index (κ1) is 15.8. The van der Waals surface area contributed by atoms with Crippen LogP contribution >= 0.6 is 0 Å². The highest BCUT2D eigenvalue weighted by Crippen LogP contribution is 2.06. The summed E-state index contributed by atoms with van der Waals surface area (Å²) in [5.74, 6) is 0. The minimum atomic E-state index is -0.643. The van der Waals surface area contributed by atoms with Crippen LogP contribution in [0.3, 0.4) is 0 Å². The standard InChI is InChI=1S/C17H20N2O3/c1-2-3-9-14-10-11-15(16(20)18-14)19-17(21)22-12-13-7-5-4-6-8-13/h4-8,10-11H,2-3,9,12H2,1H3,(H,18,20)(H,19,21). The topological polar surface area (TPSA) is 71.2 Å². The van der Waals surface area contributed by atoms with E-state index in [0.717, 1.165) is 30.5 Å². The van der Waals surface area contributed by atoms with Gasteiger partial charge in [0.05, 0.1) is 0 Å². The number of aryl methyl sites for hydroxylation is 1. The number of nitrogens with one attached hydrogen (secondary N) is 2. The highest BCUT2D eigenvalue weighted by molar-refractivity contribution is 5.84. The third-order valence-electron chi connectivity index (χ3n) is 3.22. The number of aromatic amines is 1. The van der Waals surface area contributed by atoms with E-state index in [9.17, 15) is 9.59 Å². The van der Waals surface area contributed by atoms with Gasteiger partial charge in [0, 0.05) is 5.69 Å². The van der Waals surface area contributed by atoms with E-state index in [4.69, 9.17) is 4.74 Å². The van der Waals surface area contributed by atoms with E-state index in [2.05, 4.69) is 17.2 Å². The summed E-state index contributed by atoms with van der Waals surface area (Å²) < 4.78 is 5.08. The Balaban J connectivity index is 1.90. The maximum Gasteiger partial charge on any atom is 0.412 e. The van der Waals surface area contributed by atoms with Crippen molar-refractivity contribution in [3.05, 3.63) is 64.1 Å². The first-order valence-corrected chi connectivity index (χ1v) is 7.39. The average Bonchev–Trinajstić information content (AvgIpc) is 2.54. The van der Waals surface area contributed by atoms with E-state index < -0.39 is 6.09 Å². The van der Waals surface area contributed by atoms with Crippen molar-refractivity contribution in [2.24, 2.45) is 0 Å². The van der Waals surface area contributed by atoms with Crippen LogP contribution < -0.4 is 10.9 Å². The van der Waals surface area contributed by atoms with Gasteiger partial charge >= 0.3 is 6.09 Å². The van der Waals surface area contributed by atoms with Crippen LogP contribution in [0.15, 0.2) is 47.3 Å². The molecule has 0 saturated carbocycles. The predicted molar refractivity (Wildman–Crippen MR) is 85.9 cm³/mol. The van der Waals surface area contributed by atoms with Gasteiger partial charge in [-0.3, -0.25) is 10.1 Å². The van der Waals surface area contributed by atoms with Gasteiger partial charge in [0.2, 0.25) is 0 Å². The lowest BCUT2D eigenvalue weighted by Gasteiger charge is -2.07. The Hall–Kier alpha value is -2.56. The maximum absolute atomic E-state index is 11.9. The van der Waals surface area contributed by atoms with E-state index >= 15 is 0 Å². The third-order valence-corrected chi connectivity index (χ3v) is 3.22. The van der Waals surface area contributed by atoms with Gasteiger partial charge in [0.15, 0.2) is 0 Å². The first-order valence-electron chi connectivity index (χ1n) is 7.39. The molecule has 0 radical (unpaired) electrons. The molecule has 1 amide bonds. The number of ether oxygens (including phenoxy) is 1. The van der Waals surface area contributed by atoms with Gasteiger partial charge in [-0.2, -0.15) is 0 Å². The van der Waals surface area contributed by atoms with Gasteiger partial charge in [-0.25, -0.2) is 4.79 Å². The summed E-state index contributed by atoms with van der Waals surface area (Å²) in [4.78, 5) is 26.4. The molecule has 1 aromatic heterocycles. The number of carbonyl (C=O) groups is 1. The van der Waals surface area contributed by atoms with Gasteiger partial charge in [-0.1, -0.05) is 43.7 Å². The lowest BCUT2D eigenvalue weighted by molar-refractivity contribution is 0.155. The molecule has 5 nitrogen and oxygen atoms in total. The van der Waals surface area contributed by atoms with E-state index in [1.165, 1.54) is 0 Å². The number of aromatic nitrogens is 1. The number of pyridine rings is 1. The van der Waals surface area contributed by atoms with Gasteiger partial charge in [-0.05, 0) is 30.5 Å². The minimum absolute atomic E-state index is 0.166. The molecule has 0 bridgehead atoms. The Morgan fingerprint density at radius 1 is 1.18 bits per heavy atom. The minimum Gasteiger partial charge on any atom is -0.444 e. The van der Waals surface area contributed by atoms with Crippen LogP contribution in [0.4, 0.5) is 10.5 Å². The molecule has 2 rings (SSSR count). The molecule has 2 N–H and O–H groups in total. The Kier molecular flexibility index (Phi) is 5.77. The zero-order valence-electron chi connectivity index (χ0n) is 12.6. The van der Waals surface area contributed by atoms with Crippen LogP contribution in [-0.4, -0.2) is 11.1 Å². The second-order valence-electron chi connectivity index (χ2n) is 5.02. The van der Waals surface area contributed by atoms with Crippen LogP contribution in [-0.2, 0) is 17.8 Å². The van der Waals surface area contributed by atoms with E-state index in [0.29, 0.717) is 0 Å². The summed E-state index contributed by atoms with van der Waals surface area (Å²) in [5.41, 5.74) is 1.64. The summed E-state index contributed by atoms with van der Waals surface area (Å²) in [7, 11) is 0. The number of benzene rings is 1. The zero-order valence-corrected chi connectivity index (χ0v) is 12.6. The van der Waals surface area contributed by atoms with Crippen molar-refractivity contribution in [3.8, 4) is 0 Å². The van der Waals surface area contributed by atoms with Crippen molar-refractivity contribution in [3.63, 3.8) is 0 Å². The van der Waals surface area contributed by atoms with Crippen molar-refractivity contribution >= 4 is 11.8 Å².